The second-order valence-corrected chi connectivity index (χ2v) is 8.49. The third-order valence-corrected chi connectivity index (χ3v) is 5.25. The van der Waals surface area contributed by atoms with E-state index in [1.54, 1.807) is 0 Å². The van der Waals surface area contributed by atoms with Gasteiger partial charge in [0, 0.05) is 18.8 Å². The quantitative estimate of drug-likeness (QED) is 0.183. The molecule has 1 heterocycles. The van der Waals surface area contributed by atoms with Gasteiger partial charge in [0.05, 0.1) is 13.1 Å². The summed E-state index contributed by atoms with van der Waals surface area (Å²) in [7, 11) is 3.76. The van der Waals surface area contributed by atoms with Crippen LogP contribution in [0.4, 0.5) is 5.69 Å². The first-order chi connectivity index (χ1) is 14.5. The molecule has 31 heavy (non-hydrogen) atoms. The van der Waals surface area contributed by atoms with Gasteiger partial charge in [0.1, 0.15) is 0 Å². The van der Waals surface area contributed by atoms with Gasteiger partial charge in [0.15, 0.2) is 5.96 Å². The van der Waals surface area contributed by atoms with Crippen molar-refractivity contribution in [1.82, 2.24) is 20.4 Å². The molecule has 0 aliphatic carbocycles. The average Bonchev–Trinajstić information content (AvgIpc) is 2.70. The second-order valence-electron chi connectivity index (χ2n) is 8.49. The molecule has 3 N–H and O–H groups in total. The topological polar surface area (TPSA) is 72.0 Å². The van der Waals surface area contributed by atoms with E-state index in [1.165, 1.54) is 25.9 Å². The molecule has 8 heteroatoms. The van der Waals surface area contributed by atoms with Crippen LogP contribution in [0.1, 0.15) is 38.7 Å². The summed E-state index contributed by atoms with van der Waals surface area (Å²) in [5.74, 6) is 1.71. The van der Waals surface area contributed by atoms with Crippen LogP contribution in [-0.2, 0) is 11.3 Å². The van der Waals surface area contributed by atoms with Crippen molar-refractivity contribution in [1.29, 1.82) is 0 Å². The van der Waals surface area contributed by atoms with E-state index in [9.17, 15) is 4.79 Å². The second kappa shape index (κ2) is 15.4. The summed E-state index contributed by atoms with van der Waals surface area (Å²) in [6.45, 7) is 10.7. The number of carbonyl (C=O) groups excluding carboxylic acids is 1. The molecule has 2 rings (SSSR count). The lowest BCUT2D eigenvalue weighted by Gasteiger charge is -2.30. The zero-order valence-electron chi connectivity index (χ0n) is 19.6. The van der Waals surface area contributed by atoms with Crippen molar-refractivity contribution in [2.45, 2.75) is 39.7 Å². The monoisotopic (exact) mass is 544 g/mol. The highest BCUT2D eigenvalue weighted by Crippen LogP contribution is 2.15. The molecule has 1 aromatic carbocycles. The van der Waals surface area contributed by atoms with Gasteiger partial charge in [-0.15, -0.1) is 24.0 Å². The van der Waals surface area contributed by atoms with Crippen molar-refractivity contribution in [3.63, 3.8) is 0 Å². The standard InChI is InChI=1S/C23H40N6O.HI/c1-5-24-23(25-12-7-13-29-14-10-19(2)11-15-29)26-17-20-8-6-9-21(16-20)27-22(30)18-28(3)4;/h6,8-9,16,19H,5,7,10-15,17-18H2,1-4H3,(H,27,30)(H2,24,25,26);1H. The fourth-order valence-electron chi connectivity index (χ4n) is 3.54. The zero-order valence-corrected chi connectivity index (χ0v) is 21.9. The van der Waals surface area contributed by atoms with Gasteiger partial charge in [0.2, 0.25) is 5.91 Å². The third kappa shape index (κ3) is 11.7. The Hall–Kier alpha value is -1.39. The molecule has 1 fully saturated rings. The van der Waals surface area contributed by atoms with Gasteiger partial charge in [-0.1, -0.05) is 19.1 Å². The maximum absolute atomic E-state index is 12.0. The highest BCUT2D eigenvalue weighted by Gasteiger charge is 2.14. The number of amides is 1. The molecule has 176 valence electrons. The minimum absolute atomic E-state index is 0. The van der Waals surface area contributed by atoms with Crippen LogP contribution in [0.15, 0.2) is 29.3 Å². The average molecular weight is 545 g/mol. The molecule has 0 saturated carbocycles. The van der Waals surface area contributed by atoms with Crippen LogP contribution < -0.4 is 16.0 Å². The Kier molecular flexibility index (Phi) is 13.7. The molecule has 1 aliphatic rings. The first kappa shape index (κ1) is 27.6. The van der Waals surface area contributed by atoms with Gasteiger partial charge >= 0.3 is 0 Å². The Morgan fingerprint density at radius 3 is 2.65 bits per heavy atom. The van der Waals surface area contributed by atoms with E-state index in [-0.39, 0.29) is 29.9 Å². The molecule has 0 radical (unpaired) electrons. The van der Waals surface area contributed by atoms with Crippen molar-refractivity contribution in [2.75, 3.05) is 58.7 Å². The zero-order chi connectivity index (χ0) is 21.8. The van der Waals surface area contributed by atoms with Gasteiger partial charge in [0.25, 0.3) is 0 Å². The van der Waals surface area contributed by atoms with E-state index in [2.05, 4.69) is 34.7 Å². The predicted molar refractivity (Wildman–Crippen MR) is 141 cm³/mol. The lowest BCUT2D eigenvalue weighted by atomic mass is 9.99. The van der Waals surface area contributed by atoms with Crippen LogP contribution in [0.25, 0.3) is 0 Å². The fraction of sp³-hybridized carbons (Fsp3) is 0.652. The smallest absolute Gasteiger partial charge is 0.238 e. The van der Waals surface area contributed by atoms with E-state index < -0.39 is 0 Å². The summed E-state index contributed by atoms with van der Waals surface area (Å²) in [4.78, 5) is 21.1. The van der Waals surface area contributed by atoms with E-state index >= 15 is 0 Å². The maximum atomic E-state index is 12.0. The molecule has 7 nitrogen and oxygen atoms in total. The summed E-state index contributed by atoms with van der Waals surface area (Å²) >= 11 is 0. The largest absolute Gasteiger partial charge is 0.357 e. The van der Waals surface area contributed by atoms with E-state index in [1.807, 2.05) is 43.3 Å². The van der Waals surface area contributed by atoms with Crippen LogP contribution in [-0.4, -0.2) is 75.0 Å². The van der Waals surface area contributed by atoms with Gasteiger partial charge in [-0.05, 0) is 83.5 Å². The number of anilines is 1. The predicted octanol–water partition coefficient (Wildman–Crippen LogP) is 2.98. The molecular weight excluding hydrogens is 503 g/mol. The molecule has 1 aromatic rings. The minimum atomic E-state index is -0.0150. The number of nitrogens with zero attached hydrogens (tertiary/aromatic N) is 3. The maximum Gasteiger partial charge on any atom is 0.238 e. The normalized spacial score (nSPS) is 15.5. The lowest BCUT2D eigenvalue weighted by Crippen LogP contribution is -2.39. The van der Waals surface area contributed by atoms with Crippen molar-refractivity contribution in [3.8, 4) is 0 Å². The van der Waals surface area contributed by atoms with Crippen LogP contribution in [0.5, 0.6) is 0 Å². The van der Waals surface area contributed by atoms with Gasteiger partial charge in [-0.25, -0.2) is 4.99 Å². The van der Waals surface area contributed by atoms with Crippen molar-refractivity contribution in [3.05, 3.63) is 29.8 Å². The SMILES string of the molecule is CCNC(=NCc1cccc(NC(=O)CN(C)C)c1)NCCCN1CCC(C)CC1.I. The first-order valence-electron chi connectivity index (χ1n) is 11.2. The van der Waals surface area contributed by atoms with Crippen LogP contribution in [0.3, 0.4) is 0 Å². The van der Waals surface area contributed by atoms with E-state index in [4.69, 9.17) is 4.99 Å². The molecule has 1 amide bonds. The van der Waals surface area contributed by atoms with Crippen molar-refractivity contribution < 1.29 is 4.79 Å². The Morgan fingerprint density at radius 1 is 1.23 bits per heavy atom. The first-order valence-corrected chi connectivity index (χ1v) is 11.2. The summed E-state index contributed by atoms with van der Waals surface area (Å²) in [6.07, 6.45) is 3.77. The molecule has 0 atom stereocenters. The highest BCUT2D eigenvalue weighted by atomic mass is 127. The number of likely N-dealkylation sites (N-methyl/N-ethyl adjacent to an activating group) is 1. The number of aliphatic imine (C=N–C) groups is 1. The number of piperidine rings is 1. The van der Waals surface area contributed by atoms with Crippen molar-refractivity contribution in [2.24, 2.45) is 10.9 Å². The summed E-state index contributed by atoms with van der Waals surface area (Å²) in [5.41, 5.74) is 1.88. The molecule has 1 aliphatic heterocycles. The van der Waals surface area contributed by atoms with Crippen LogP contribution in [0, 0.1) is 5.92 Å². The van der Waals surface area contributed by atoms with Crippen LogP contribution in [0.2, 0.25) is 0 Å². The number of rotatable bonds is 10. The summed E-state index contributed by atoms with van der Waals surface area (Å²) in [6, 6.07) is 7.88. The minimum Gasteiger partial charge on any atom is -0.357 e. The Balaban J connectivity index is 0.00000480. The Bertz CT molecular complexity index is 674. The van der Waals surface area contributed by atoms with Gasteiger partial charge in [-0.2, -0.15) is 0 Å². The number of guanidine groups is 1. The van der Waals surface area contributed by atoms with Crippen LogP contribution >= 0.6 is 24.0 Å². The Morgan fingerprint density at radius 2 is 1.97 bits per heavy atom. The number of benzene rings is 1. The number of hydrogen-bond donors (Lipinski definition) is 3. The lowest BCUT2D eigenvalue weighted by molar-refractivity contribution is -0.116. The molecule has 0 unspecified atom stereocenters. The van der Waals surface area contributed by atoms with Gasteiger partial charge < -0.3 is 25.8 Å². The molecule has 0 spiro atoms. The van der Waals surface area contributed by atoms with Crippen molar-refractivity contribution >= 4 is 41.5 Å². The number of nitrogens with one attached hydrogen (secondary N) is 3. The fourth-order valence-corrected chi connectivity index (χ4v) is 3.54. The Labute approximate surface area is 205 Å². The molecular formula is C23H41IN6O. The highest BCUT2D eigenvalue weighted by molar-refractivity contribution is 14.0. The number of likely N-dealkylation sites (tertiary alicyclic amines) is 1. The van der Waals surface area contributed by atoms with Gasteiger partial charge in [-0.3, -0.25) is 4.79 Å². The summed E-state index contributed by atoms with van der Waals surface area (Å²) in [5, 5.41) is 9.70. The van der Waals surface area contributed by atoms with E-state index in [0.717, 1.165) is 49.2 Å². The molecule has 0 bridgehead atoms. The summed E-state index contributed by atoms with van der Waals surface area (Å²) < 4.78 is 0. The third-order valence-electron chi connectivity index (χ3n) is 5.25. The van der Waals surface area contributed by atoms with E-state index in [0.29, 0.717) is 13.1 Å². The number of hydrogen-bond acceptors (Lipinski definition) is 4. The number of carbonyl (C=O) groups is 1. The molecule has 1 saturated heterocycles. The molecule has 0 aromatic heterocycles. The number of halogens is 1.